The lowest BCUT2D eigenvalue weighted by Crippen LogP contribution is -2.20. The first kappa shape index (κ1) is 22.2. The van der Waals surface area contributed by atoms with E-state index < -0.39 is 12.0 Å². The van der Waals surface area contributed by atoms with Crippen molar-refractivity contribution in [2.24, 2.45) is 0 Å². The molecule has 3 aromatic heterocycles. The molecule has 6 rings (SSSR count). The Labute approximate surface area is 205 Å². The fraction of sp³-hybridized carbons (Fsp3) is 0.192. The maximum atomic E-state index is 14.6. The number of hydrogen-bond acceptors (Lipinski definition) is 7. The number of pyridine rings is 1. The van der Waals surface area contributed by atoms with Crippen molar-refractivity contribution in [3.05, 3.63) is 84.4 Å². The summed E-state index contributed by atoms with van der Waals surface area (Å²) in [4.78, 5) is 10.7. The van der Waals surface area contributed by atoms with Gasteiger partial charge in [0.25, 0.3) is 5.89 Å². The summed E-state index contributed by atoms with van der Waals surface area (Å²) in [5.41, 5.74) is 3.65. The van der Waals surface area contributed by atoms with Gasteiger partial charge in [0.1, 0.15) is 23.4 Å². The second-order valence-corrected chi connectivity index (χ2v) is 8.63. The molecule has 1 saturated heterocycles. The average Bonchev–Trinajstić information content (AvgIpc) is 3.65. The maximum Gasteiger partial charge on any atom is 0.281 e. The van der Waals surface area contributed by atoms with Crippen molar-refractivity contribution in [1.82, 2.24) is 35.0 Å². The summed E-state index contributed by atoms with van der Waals surface area (Å²) in [7, 11) is 0. The van der Waals surface area contributed by atoms with Crippen LogP contribution in [0.1, 0.15) is 12.0 Å². The monoisotopic (exact) mass is 485 g/mol. The van der Waals surface area contributed by atoms with Crippen LogP contribution in [0, 0.1) is 5.82 Å². The van der Waals surface area contributed by atoms with E-state index in [9.17, 15) is 8.78 Å². The second kappa shape index (κ2) is 9.38. The van der Waals surface area contributed by atoms with Gasteiger partial charge >= 0.3 is 0 Å². The number of likely N-dealkylation sites (tertiary alicyclic amines) is 1. The van der Waals surface area contributed by atoms with Crippen molar-refractivity contribution < 1.29 is 13.3 Å². The van der Waals surface area contributed by atoms with Gasteiger partial charge in [-0.15, -0.1) is 5.10 Å². The molecule has 2 aromatic carbocycles. The van der Waals surface area contributed by atoms with Gasteiger partial charge in [0.05, 0.1) is 0 Å². The highest BCUT2D eigenvalue weighted by Gasteiger charge is 2.25. The highest BCUT2D eigenvalue weighted by Crippen LogP contribution is 2.32. The van der Waals surface area contributed by atoms with Gasteiger partial charge in [0.15, 0.2) is 5.69 Å². The minimum Gasteiger partial charge on any atom is -0.332 e. The zero-order valence-electron chi connectivity index (χ0n) is 19.1. The van der Waals surface area contributed by atoms with Gasteiger partial charge < -0.3 is 4.52 Å². The molecule has 0 spiro atoms. The predicted octanol–water partition coefficient (Wildman–Crippen LogP) is 4.73. The molecule has 0 aliphatic carbocycles. The first-order valence-electron chi connectivity index (χ1n) is 11.6. The maximum absolute atomic E-state index is 14.6. The Kier molecular flexibility index (Phi) is 5.78. The van der Waals surface area contributed by atoms with E-state index in [1.54, 1.807) is 42.7 Å². The van der Waals surface area contributed by atoms with Crippen LogP contribution in [-0.2, 0) is 6.54 Å². The standard InChI is InChI=1S/C26H21F2N7O/c27-20-11-14-34(16-20)15-17-5-7-19(8-6-17)25-30-26(36-32-25)23-24(18-9-12-29-13-10-18)35(33-31-23)22-4-2-1-3-21(22)28/h1-10,12-13,20H,11,14-16H2/t20-/m0/s1. The molecule has 0 saturated carbocycles. The smallest absolute Gasteiger partial charge is 0.281 e. The summed E-state index contributed by atoms with van der Waals surface area (Å²) in [6.07, 6.45) is 3.12. The molecule has 1 aliphatic rings. The Morgan fingerprint density at radius 1 is 0.972 bits per heavy atom. The largest absolute Gasteiger partial charge is 0.332 e. The summed E-state index contributed by atoms with van der Waals surface area (Å²) >= 11 is 0. The van der Waals surface area contributed by atoms with Crippen molar-refractivity contribution in [2.75, 3.05) is 13.1 Å². The predicted molar refractivity (Wildman–Crippen MR) is 128 cm³/mol. The van der Waals surface area contributed by atoms with Crippen LogP contribution in [-0.4, -0.2) is 54.3 Å². The van der Waals surface area contributed by atoms with E-state index in [4.69, 9.17) is 4.52 Å². The van der Waals surface area contributed by atoms with Gasteiger partial charge in [-0.25, -0.2) is 13.5 Å². The number of hydrogen-bond donors (Lipinski definition) is 0. The Morgan fingerprint density at radius 2 is 1.78 bits per heavy atom. The first-order chi connectivity index (χ1) is 17.7. The Morgan fingerprint density at radius 3 is 2.53 bits per heavy atom. The number of nitrogens with zero attached hydrogens (tertiary/aromatic N) is 7. The zero-order chi connectivity index (χ0) is 24.5. The lowest BCUT2D eigenvalue weighted by atomic mass is 10.1. The quantitative estimate of drug-likeness (QED) is 0.344. The number of rotatable bonds is 6. The van der Waals surface area contributed by atoms with Crippen LogP contribution in [0.4, 0.5) is 8.78 Å². The molecule has 5 aromatic rings. The molecule has 0 amide bonds. The van der Waals surface area contributed by atoms with Gasteiger partial charge in [-0.05, 0) is 36.2 Å². The van der Waals surface area contributed by atoms with Crippen LogP contribution in [0.25, 0.3) is 39.9 Å². The lowest BCUT2D eigenvalue weighted by Gasteiger charge is -2.14. The van der Waals surface area contributed by atoms with Gasteiger partial charge in [0.2, 0.25) is 5.82 Å². The molecule has 0 radical (unpaired) electrons. The number of para-hydroxylation sites is 1. The summed E-state index contributed by atoms with van der Waals surface area (Å²) in [5.74, 6) is 0.115. The lowest BCUT2D eigenvalue weighted by molar-refractivity contribution is 0.282. The van der Waals surface area contributed by atoms with E-state index in [-0.39, 0.29) is 11.6 Å². The average molecular weight is 485 g/mol. The van der Waals surface area contributed by atoms with E-state index in [0.717, 1.165) is 23.2 Å². The molecule has 1 aliphatic heterocycles. The molecular weight excluding hydrogens is 464 g/mol. The van der Waals surface area contributed by atoms with Crippen LogP contribution >= 0.6 is 0 Å². The van der Waals surface area contributed by atoms with Gasteiger partial charge in [-0.1, -0.05) is 46.8 Å². The second-order valence-electron chi connectivity index (χ2n) is 8.63. The minimum absolute atomic E-state index is 0.162. The molecular formula is C26H21F2N7O. The van der Waals surface area contributed by atoms with Crippen molar-refractivity contribution in [2.45, 2.75) is 19.1 Å². The Bertz CT molecular complexity index is 1480. The molecule has 0 bridgehead atoms. The third-order valence-corrected chi connectivity index (χ3v) is 6.17. The van der Waals surface area contributed by atoms with Crippen LogP contribution in [0.3, 0.4) is 0 Å². The topological polar surface area (TPSA) is 85.8 Å². The van der Waals surface area contributed by atoms with E-state index in [2.05, 4.69) is 30.3 Å². The third-order valence-electron chi connectivity index (χ3n) is 6.17. The molecule has 1 atom stereocenters. The fourth-order valence-corrected chi connectivity index (χ4v) is 4.37. The van der Waals surface area contributed by atoms with Crippen molar-refractivity contribution in [1.29, 1.82) is 0 Å². The summed E-state index contributed by atoms with van der Waals surface area (Å²) in [6, 6.07) is 17.7. The molecule has 1 fully saturated rings. The van der Waals surface area contributed by atoms with Crippen molar-refractivity contribution in [3.8, 4) is 39.9 Å². The molecule has 0 N–H and O–H groups in total. The number of halogens is 2. The first-order valence-corrected chi connectivity index (χ1v) is 11.6. The summed E-state index contributed by atoms with van der Waals surface area (Å²) in [5, 5.41) is 12.6. The summed E-state index contributed by atoms with van der Waals surface area (Å²) < 4.78 is 35.0. The van der Waals surface area contributed by atoms with Crippen LogP contribution in [0.2, 0.25) is 0 Å². The van der Waals surface area contributed by atoms with E-state index in [1.165, 1.54) is 10.7 Å². The molecule has 180 valence electrons. The highest BCUT2D eigenvalue weighted by molar-refractivity contribution is 5.76. The summed E-state index contributed by atoms with van der Waals surface area (Å²) in [6.45, 7) is 1.94. The SMILES string of the molecule is Fc1ccccc1-n1nnc(-c2nc(-c3ccc(CN4CC[C@H](F)C4)cc3)no2)c1-c1ccncc1. The zero-order valence-corrected chi connectivity index (χ0v) is 19.1. The molecule has 8 nitrogen and oxygen atoms in total. The molecule has 36 heavy (non-hydrogen) atoms. The van der Waals surface area contributed by atoms with Crippen LogP contribution < -0.4 is 0 Å². The van der Waals surface area contributed by atoms with E-state index in [0.29, 0.717) is 36.7 Å². The Hall–Kier alpha value is -4.31. The highest BCUT2D eigenvalue weighted by atomic mass is 19.1. The molecule has 10 heteroatoms. The normalized spacial score (nSPS) is 16.0. The molecule has 4 heterocycles. The van der Waals surface area contributed by atoms with Crippen molar-refractivity contribution >= 4 is 0 Å². The van der Waals surface area contributed by atoms with E-state index >= 15 is 0 Å². The fourth-order valence-electron chi connectivity index (χ4n) is 4.37. The van der Waals surface area contributed by atoms with Crippen LogP contribution in [0.5, 0.6) is 0 Å². The minimum atomic E-state index is -0.740. The van der Waals surface area contributed by atoms with E-state index in [1.807, 2.05) is 24.3 Å². The number of benzene rings is 2. The van der Waals surface area contributed by atoms with Gasteiger partial charge in [-0.2, -0.15) is 4.98 Å². The van der Waals surface area contributed by atoms with Crippen LogP contribution in [0.15, 0.2) is 77.6 Å². The number of aromatic nitrogens is 6. The number of alkyl halides is 1. The van der Waals surface area contributed by atoms with Crippen molar-refractivity contribution in [3.63, 3.8) is 0 Å². The van der Waals surface area contributed by atoms with Gasteiger partial charge in [0, 0.05) is 43.2 Å². The Balaban J connectivity index is 1.33. The third kappa shape index (κ3) is 4.27. The molecule has 0 unspecified atom stereocenters. The van der Waals surface area contributed by atoms with Gasteiger partial charge in [-0.3, -0.25) is 9.88 Å².